The summed E-state index contributed by atoms with van der Waals surface area (Å²) in [6.45, 7) is 11.7. The summed E-state index contributed by atoms with van der Waals surface area (Å²) in [6, 6.07) is 11.6. The minimum absolute atomic E-state index is 0.185. The van der Waals surface area contributed by atoms with E-state index in [9.17, 15) is 4.39 Å². The molecule has 0 amide bonds. The number of hydrogen-bond donors (Lipinski definition) is 0. The maximum Gasteiger partial charge on any atom is 0.131 e. The van der Waals surface area contributed by atoms with Gasteiger partial charge in [0.25, 0.3) is 0 Å². The van der Waals surface area contributed by atoms with Crippen molar-refractivity contribution >= 4 is 0 Å². The number of ether oxygens (including phenoxy) is 1. The highest BCUT2D eigenvalue weighted by molar-refractivity contribution is 5.70. The van der Waals surface area contributed by atoms with Crippen LogP contribution in [0.5, 0.6) is 5.75 Å². The second-order valence-electron chi connectivity index (χ2n) is 9.73. The lowest BCUT2D eigenvalue weighted by molar-refractivity contribution is 0.0970. The smallest absolute Gasteiger partial charge is 0.131 e. The number of halogens is 1. The number of rotatable bonds is 4. The second kappa shape index (κ2) is 7.30. The number of methoxy groups -OCH3 is 1. The van der Waals surface area contributed by atoms with Crippen LogP contribution in [0.25, 0.3) is 11.1 Å². The van der Waals surface area contributed by atoms with Gasteiger partial charge in [-0.25, -0.2) is 4.39 Å². The van der Waals surface area contributed by atoms with Crippen molar-refractivity contribution in [2.24, 2.45) is 10.8 Å². The summed E-state index contributed by atoms with van der Waals surface area (Å²) >= 11 is 0. The Morgan fingerprint density at radius 3 is 2.22 bits per heavy atom. The molecule has 1 fully saturated rings. The number of aryl methyl sites for hydroxylation is 1. The zero-order chi connectivity index (χ0) is 19.8. The molecular formula is C25H33FO. The molecule has 0 aromatic heterocycles. The quantitative estimate of drug-likeness (QED) is 0.547. The van der Waals surface area contributed by atoms with Crippen LogP contribution in [0, 0.1) is 16.6 Å². The van der Waals surface area contributed by atoms with Crippen LogP contribution in [0.4, 0.5) is 4.39 Å². The summed E-state index contributed by atoms with van der Waals surface area (Å²) in [6.07, 6.45) is 4.50. The van der Waals surface area contributed by atoms with Crippen molar-refractivity contribution in [3.63, 3.8) is 0 Å². The molecule has 146 valence electrons. The minimum atomic E-state index is -0.185. The van der Waals surface area contributed by atoms with E-state index in [0.29, 0.717) is 28.1 Å². The van der Waals surface area contributed by atoms with Crippen LogP contribution in [0.15, 0.2) is 36.4 Å². The Labute approximate surface area is 164 Å². The fourth-order valence-corrected chi connectivity index (χ4v) is 5.32. The van der Waals surface area contributed by atoms with E-state index in [1.165, 1.54) is 23.6 Å². The van der Waals surface area contributed by atoms with E-state index >= 15 is 0 Å². The highest BCUT2D eigenvalue weighted by atomic mass is 19.1. The summed E-state index contributed by atoms with van der Waals surface area (Å²) in [5.41, 5.74) is 4.85. The molecule has 0 bridgehead atoms. The summed E-state index contributed by atoms with van der Waals surface area (Å²) < 4.78 is 20.1. The summed E-state index contributed by atoms with van der Waals surface area (Å²) in [7, 11) is 1.63. The first kappa shape index (κ1) is 19.9. The van der Waals surface area contributed by atoms with E-state index in [-0.39, 0.29) is 5.82 Å². The van der Waals surface area contributed by atoms with Gasteiger partial charge in [-0.2, -0.15) is 0 Å². The average Bonchev–Trinajstić information content (AvgIpc) is 2.59. The van der Waals surface area contributed by atoms with Gasteiger partial charge in [-0.15, -0.1) is 0 Å². The maximum atomic E-state index is 14.8. The van der Waals surface area contributed by atoms with E-state index in [1.54, 1.807) is 13.2 Å². The van der Waals surface area contributed by atoms with Crippen molar-refractivity contribution < 1.29 is 9.13 Å². The molecule has 1 nitrogen and oxygen atoms in total. The molecule has 0 atom stereocenters. The van der Waals surface area contributed by atoms with E-state index in [1.807, 2.05) is 6.07 Å². The van der Waals surface area contributed by atoms with Crippen molar-refractivity contribution in [2.75, 3.05) is 7.11 Å². The zero-order valence-corrected chi connectivity index (χ0v) is 17.7. The van der Waals surface area contributed by atoms with Gasteiger partial charge < -0.3 is 4.74 Å². The highest BCUT2D eigenvalue weighted by Crippen LogP contribution is 2.53. The standard InChI is InChI=1S/C25H33FO/c1-7-17-8-10-20(22-13-19(27-6)9-11-23(22)26)21(12-17)18-14-24(2,3)16-25(4,5)15-18/h8-13,18H,7,14-16H2,1-6H3. The Hall–Kier alpha value is -1.83. The first-order valence-corrected chi connectivity index (χ1v) is 10.1. The molecule has 0 aliphatic heterocycles. The van der Waals surface area contributed by atoms with Gasteiger partial charge in [0.2, 0.25) is 0 Å². The molecule has 0 unspecified atom stereocenters. The molecule has 0 saturated heterocycles. The monoisotopic (exact) mass is 368 g/mol. The lowest BCUT2D eigenvalue weighted by atomic mass is 9.59. The second-order valence-corrected chi connectivity index (χ2v) is 9.73. The van der Waals surface area contributed by atoms with E-state index in [4.69, 9.17) is 4.74 Å². The van der Waals surface area contributed by atoms with Crippen molar-refractivity contribution in [2.45, 2.75) is 66.2 Å². The third kappa shape index (κ3) is 4.36. The van der Waals surface area contributed by atoms with Gasteiger partial charge in [-0.05, 0) is 77.3 Å². The van der Waals surface area contributed by atoms with Crippen molar-refractivity contribution in [1.29, 1.82) is 0 Å². The Morgan fingerprint density at radius 1 is 0.963 bits per heavy atom. The molecule has 2 aromatic rings. The van der Waals surface area contributed by atoms with Gasteiger partial charge >= 0.3 is 0 Å². The maximum absolute atomic E-state index is 14.8. The molecule has 0 heterocycles. The zero-order valence-electron chi connectivity index (χ0n) is 17.7. The summed E-state index contributed by atoms with van der Waals surface area (Å²) in [5.74, 6) is 0.952. The molecule has 1 aliphatic rings. The molecular weight excluding hydrogens is 335 g/mol. The van der Waals surface area contributed by atoms with Gasteiger partial charge in [0.1, 0.15) is 11.6 Å². The Bertz CT molecular complexity index is 803. The van der Waals surface area contributed by atoms with Crippen LogP contribution in [0.3, 0.4) is 0 Å². The van der Waals surface area contributed by atoms with Crippen LogP contribution in [-0.4, -0.2) is 7.11 Å². The minimum Gasteiger partial charge on any atom is -0.497 e. The molecule has 0 radical (unpaired) electrons. The SMILES string of the molecule is CCc1ccc(-c2cc(OC)ccc2F)c(C2CC(C)(C)CC(C)(C)C2)c1. The van der Waals surface area contributed by atoms with Gasteiger partial charge in [-0.1, -0.05) is 52.8 Å². The first-order valence-electron chi connectivity index (χ1n) is 10.1. The van der Waals surface area contributed by atoms with E-state index < -0.39 is 0 Å². The first-order chi connectivity index (χ1) is 12.6. The Kier molecular flexibility index (Phi) is 5.38. The molecule has 1 aliphatic carbocycles. The molecule has 1 saturated carbocycles. The lowest BCUT2D eigenvalue weighted by Gasteiger charge is -2.45. The summed E-state index contributed by atoms with van der Waals surface area (Å²) in [5, 5.41) is 0. The third-order valence-electron chi connectivity index (χ3n) is 5.98. The summed E-state index contributed by atoms with van der Waals surface area (Å²) in [4.78, 5) is 0. The number of benzene rings is 2. The van der Waals surface area contributed by atoms with Gasteiger partial charge in [0.15, 0.2) is 0 Å². The van der Waals surface area contributed by atoms with Gasteiger partial charge in [-0.3, -0.25) is 0 Å². The van der Waals surface area contributed by atoms with Crippen LogP contribution < -0.4 is 4.74 Å². The van der Waals surface area contributed by atoms with Crippen LogP contribution in [0.1, 0.15) is 70.9 Å². The van der Waals surface area contributed by atoms with Gasteiger partial charge in [0.05, 0.1) is 7.11 Å². The molecule has 27 heavy (non-hydrogen) atoms. The van der Waals surface area contributed by atoms with Crippen LogP contribution >= 0.6 is 0 Å². The van der Waals surface area contributed by atoms with Crippen molar-refractivity contribution in [3.05, 3.63) is 53.3 Å². The predicted molar refractivity (Wildman–Crippen MR) is 112 cm³/mol. The fourth-order valence-electron chi connectivity index (χ4n) is 5.32. The fraction of sp³-hybridized carbons (Fsp3) is 0.520. The van der Waals surface area contributed by atoms with E-state index in [2.05, 4.69) is 52.8 Å². The van der Waals surface area contributed by atoms with Crippen LogP contribution in [-0.2, 0) is 6.42 Å². The van der Waals surface area contributed by atoms with Crippen molar-refractivity contribution in [3.8, 4) is 16.9 Å². The van der Waals surface area contributed by atoms with E-state index in [0.717, 1.165) is 24.8 Å². The molecule has 0 N–H and O–H groups in total. The normalized spacial score (nSPS) is 19.1. The van der Waals surface area contributed by atoms with Crippen molar-refractivity contribution in [1.82, 2.24) is 0 Å². The topological polar surface area (TPSA) is 9.23 Å². The highest BCUT2D eigenvalue weighted by Gasteiger charge is 2.39. The molecule has 0 spiro atoms. The Balaban J connectivity index is 2.15. The average molecular weight is 369 g/mol. The Morgan fingerprint density at radius 2 is 1.63 bits per heavy atom. The molecule has 2 aromatic carbocycles. The number of hydrogen-bond acceptors (Lipinski definition) is 1. The predicted octanol–water partition coefficient (Wildman–Crippen LogP) is 7.38. The van der Waals surface area contributed by atoms with Gasteiger partial charge in [0, 0.05) is 5.56 Å². The molecule has 3 rings (SSSR count). The molecule has 2 heteroatoms. The van der Waals surface area contributed by atoms with Crippen LogP contribution in [0.2, 0.25) is 0 Å². The largest absolute Gasteiger partial charge is 0.497 e. The lowest BCUT2D eigenvalue weighted by Crippen LogP contribution is -2.33. The third-order valence-corrected chi connectivity index (χ3v) is 5.98.